The van der Waals surface area contributed by atoms with Crippen molar-refractivity contribution in [3.05, 3.63) is 0 Å². The number of amides is 1. The maximum atomic E-state index is 13.0. The number of carbonyl (C=O) groups excluding carboxylic acids is 1. The first-order valence-corrected chi connectivity index (χ1v) is 17.5. The van der Waals surface area contributed by atoms with Gasteiger partial charge >= 0.3 is 0 Å². The van der Waals surface area contributed by atoms with Gasteiger partial charge in [-0.2, -0.15) is 0 Å². The normalized spacial score (nSPS) is 48.1. The van der Waals surface area contributed by atoms with Gasteiger partial charge in [0.15, 0.2) is 0 Å². The van der Waals surface area contributed by atoms with Gasteiger partial charge in [0, 0.05) is 19.5 Å². The highest BCUT2D eigenvalue weighted by atomic mass is 32.2. The van der Waals surface area contributed by atoms with E-state index in [1.807, 2.05) is 0 Å². The number of piperidine rings is 1. The fraction of sp³-hybridized carbons (Fsp3) is 0.968. The maximum Gasteiger partial charge on any atom is 0.222 e. The van der Waals surface area contributed by atoms with Crippen LogP contribution >= 0.6 is 0 Å². The molecule has 5 fully saturated rings. The van der Waals surface area contributed by atoms with E-state index < -0.39 is 27.6 Å². The van der Waals surface area contributed by atoms with Crippen LogP contribution in [0.2, 0.25) is 0 Å². The lowest BCUT2D eigenvalue weighted by Gasteiger charge is -2.65. The number of aliphatic hydroxyl groups excluding tert-OH is 3. The molecule has 0 bridgehead atoms. The predicted molar refractivity (Wildman–Crippen MR) is 151 cm³/mol. The van der Waals surface area contributed by atoms with E-state index in [4.69, 9.17) is 0 Å². The Bertz CT molecular complexity index is 1050. The van der Waals surface area contributed by atoms with Crippen LogP contribution in [0.1, 0.15) is 98.3 Å². The number of nitrogens with zero attached hydrogens (tertiary/aromatic N) is 1. The highest BCUT2D eigenvalue weighted by Crippen LogP contribution is 2.69. The molecule has 4 saturated carbocycles. The van der Waals surface area contributed by atoms with Gasteiger partial charge in [-0.3, -0.25) is 4.79 Å². The van der Waals surface area contributed by atoms with Crippen molar-refractivity contribution in [3.8, 4) is 0 Å². The van der Waals surface area contributed by atoms with Crippen LogP contribution in [0.15, 0.2) is 0 Å². The molecule has 230 valence electrons. The van der Waals surface area contributed by atoms with Crippen molar-refractivity contribution in [2.75, 3.05) is 13.1 Å². The molecule has 0 aromatic carbocycles. The molecule has 8 nitrogen and oxygen atoms in total. The molecule has 0 aromatic heterocycles. The van der Waals surface area contributed by atoms with E-state index in [0.717, 1.165) is 38.5 Å². The zero-order chi connectivity index (χ0) is 29.2. The van der Waals surface area contributed by atoms with Crippen LogP contribution in [-0.2, 0) is 14.9 Å². The number of aliphatic hydroxyl groups is 3. The van der Waals surface area contributed by atoms with E-state index in [1.165, 1.54) is 0 Å². The fourth-order valence-corrected chi connectivity index (χ4v) is 11.8. The van der Waals surface area contributed by atoms with Crippen LogP contribution in [-0.4, -0.2) is 75.7 Å². The molecule has 0 spiro atoms. The Morgan fingerprint density at radius 1 is 1.05 bits per heavy atom. The van der Waals surface area contributed by atoms with Gasteiger partial charge in [0.1, 0.15) is 0 Å². The van der Waals surface area contributed by atoms with E-state index >= 15 is 0 Å². The summed E-state index contributed by atoms with van der Waals surface area (Å²) in [4.78, 5) is 14.6. The molecule has 1 aliphatic heterocycles. The Kier molecular flexibility index (Phi) is 8.50. The lowest BCUT2D eigenvalue weighted by Crippen LogP contribution is -2.65. The van der Waals surface area contributed by atoms with Crippen molar-refractivity contribution in [2.24, 2.45) is 52.3 Å². The summed E-state index contributed by atoms with van der Waals surface area (Å²) in [6, 6.07) is 0. The van der Waals surface area contributed by atoms with Crippen molar-refractivity contribution < 1.29 is 33.1 Å². The highest BCUT2D eigenvalue weighted by Gasteiger charge is 2.67. The van der Waals surface area contributed by atoms with Gasteiger partial charge in [-0.25, -0.2) is 8.42 Å². The molecule has 1 saturated heterocycles. The Morgan fingerprint density at radius 2 is 1.77 bits per heavy atom. The van der Waals surface area contributed by atoms with E-state index in [0.29, 0.717) is 38.6 Å². The van der Waals surface area contributed by atoms with Crippen LogP contribution in [0.25, 0.3) is 0 Å². The van der Waals surface area contributed by atoms with Crippen LogP contribution in [0.4, 0.5) is 0 Å². The SMILES string of the molecule is CC[C@H]1[C@@H](O)[C@@H]2[C@H](C[C@H](O)[C@]3(C)[C@@H]([C@H](C)CCC(=O)N4CCC[C@H](S(=O)(=O)[O-])C4)CC[C@@H]23)[C@@]2(C)CC[C@@H](O)C[C@@H]12. The molecular weight excluding hydrogens is 530 g/mol. The first-order chi connectivity index (χ1) is 18.7. The molecule has 9 heteroatoms. The maximum absolute atomic E-state index is 13.0. The van der Waals surface area contributed by atoms with E-state index in [9.17, 15) is 33.1 Å². The largest absolute Gasteiger partial charge is 0.748 e. The van der Waals surface area contributed by atoms with Gasteiger partial charge in [-0.15, -0.1) is 0 Å². The fourth-order valence-electron chi connectivity index (χ4n) is 11.0. The molecule has 3 N–H and O–H groups in total. The summed E-state index contributed by atoms with van der Waals surface area (Å²) in [7, 11) is -4.40. The van der Waals surface area contributed by atoms with Crippen molar-refractivity contribution in [1.82, 2.24) is 4.90 Å². The minimum Gasteiger partial charge on any atom is -0.748 e. The Balaban J connectivity index is 1.30. The Hall–Kier alpha value is -0.740. The van der Waals surface area contributed by atoms with Gasteiger partial charge in [0.2, 0.25) is 5.91 Å². The zero-order valence-electron chi connectivity index (χ0n) is 24.9. The number of fused-ring (bicyclic) bond motifs is 5. The lowest BCUT2D eigenvalue weighted by molar-refractivity contribution is -0.228. The molecule has 1 amide bonds. The molecule has 0 aromatic rings. The summed E-state index contributed by atoms with van der Waals surface area (Å²) in [6.07, 6.45) is 6.68. The summed E-state index contributed by atoms with van der Waals surface area (Å²) in [5.41, 5.74) is -0.306. The molecule has 40 heavy (non-hydrogen) atoms. The Labute approximate surface area is 241 Å². The van der Waals surface area contributed by atoms with E-state index in [1.54, 1.807) is 4.90 Å². The third-order valence-corrected chi connectivity index (χ3v) is 14.4. The molecular formula is C31H52NO7S-. The second-order valence-corrected chi connectivity index (χ2v) is 16.5. The summed E-state index contributed by atoms with van der Waals surface area (Å²) < 4.78 is 34.6. The van der Waals surface area contributed by atoms with E-state index in [-0.39, 0.29) is 70.8 Å². The Morgan fingerprint density at radius 3 is 2.45 bits per heavy atom. The predicted octanol–water partition coefficient (Wildman–Crippen LogP) is 3.54. The van der Waals surface area contributed by atoms with Gasteiger partial charge in [0.05, 0.1) is 33.7 Å². The first kappa shape index (κ1) is 30.7. The first-order valence-electron chi connectivity index (χ1n) is 16.0. The molecule has 5 aliphatic rings. The summed E-state index contributed by atoms with van der Waals surface area (Å²) in [5, 5.41) is 33.3. The van der Waals surface area contributed by atoms with Crippen molar-refractivity contribution in [3.63, 3.8) is 0 Å². The van der Waals surface area contributed by atoms with Crippen molar-refractivity contribution in [1.29, 1.82) is 0 Å². The number of rotatable bonds is 6. The summed E-state index contributed by atoms with van der Waals surface area (Å²) in [5.74, 6) is 1.42. The average molecular weight is 583 g/mol. The minimum atomic E-state index is -4.40. The van der Waals surface area contributed by atoms with Gasteiger partial charge in [0.25, 0.3) is 0 Å². The van der Waals surface area contributed by atoms with Crippen LogP contribution < -0.4 is 0 Å². The van der Waals surface area contributed by atoms with Crippen molar-refractivity contribution in [2.45, 2.75) is 122 Å². The van der Waals surface area contributed by atoms with E-state index in [2.05, 4.69) is 27.7 Å². The molecule has 5 rings (SSSR count). The minimum absolute atomic E-state index is 0.00266. The second kappa shape index (κ2) is 11.1. The monoisotopic (exact) mass is 582 g/mol. The molecule has 1 heterocycles. The van der Waals surface area contributed by atoms with Crippen molar-refractivity contribution >= 4 is 16.0 Å². The summed E-state index contributed by atoms with van der Waals surface area (Å²) >= 11 is 0. The average Bonchev–Trinajstić information content (AvgIpc) is 3.27. The third kappa shape index (κ3) is 4.97. The van der Waals surface area contributed by atoms with Gasteiger partial charge in [-0.05, 0) is 110 Å². The summed E-state index contributed by atoms with van der Waals surface area (Å²) in [6.45, 7) is 9.44. The molecule has 0 radical (unpaired) electrons. The number of hydrogen-bond donors (Lipinski definition) is 3. The van der Waals surface area contributed by atoms with Gasteiger partial charge < -0.3 is 24.8 Å². The molecule has 13 atom stereocenters. The second-order valence-electron chi connectivity index (χ2n) is 14.8. The molecule has 4 aliphatic carbocycles. The zero-order valence-corrected chi connectivity index (χ0v) is 25.7. The quantitative estimate of drug-likeness (QED) is 0.407. The number of hydrogen-bond acceptors (Lipinski definition) is 7. The number of carbonyl (C=O) groups is 1. The highest BCUT2D eigenvalue weighted by molar-refractivity contribution is 7.86. The van der Waals surface area contributed by atoms with Gasteiger partial charge in [-0.1, -0.05) is 34.1 Å². The smallest absolute Gasteiger partial charge is 0.222 e. The third-order valence-electron chi connectivity index (χ3n) is 13.2. The van der Waals surface area contributed by atoms with Crippen LogP contribution in [0.5, 0.6) is 0 Å². The van der Waals surface area contributed by atoms with Crippen LogP contribution in [0, 0.1) is 52.3 Å². The van der Waals surface area contributed by atoms with Crippen LogP contribution in [0.3, 0.4) is 0 Å². The standard InChI is InChI=1S/C31H53NO7S/c1-5-21-24-15-19(33)12-13-30(24,3)25-16-26(34)31(4)22(9-10-23(31)28(25)29(21)36)18(2)8-11-27(35)32-14-6-7-20(17-32)40(37,38)39/h18-26,28-29,33-34,36H,5-17H2,1-4H3,(H,37,38,39)/p-1/t18-,19-,20+,21-,22-,23+,24+,25+,26+,28+,29-,30+,31-/m1/s1. The lowest BCUT2D eigenvalue weighted by atomic mass is 9.41. The molecule has 0 unspecified atom stereocenters. The topological polar surface area (TPSA) is 138 Å². The number of likely N-dealkylation sites (tertiary alicyclic amines) is 1.